The first kappa shape index (κ1) is 11.5. The van der Waals surface area contributed by atoms with Gasteiger partial charge in [0.1, 0.15) is 0 Å². The molecule has 2 aromatic rings. The predicted molar refractivity (Wildman–Crippen MR) is 69.6 cm³/mol. The molecule has 0 spiro atoms. The third kappa shape index (κ3) is 2.58. The summed E-state index contributed by atoms with van der Waals surface area (Å²) in [6.45, 7) is 4.11. The summed E-state index contributed by atoms with van der Waals surface area (Å²) in [6, 6.07) is 1.97. The van der Waals surface area contributed by atoms with E-state index in [0.29, 0.717) is 0 Å². The van der Waals surface area contributed by atoms with E-state index in [9.17, 15) is 0 Å². The molecule has 0 fully saturated rings. The van der Waals surface area contributed by atoms with Crippen molar-refractivity contribution in [2.45, 2.75) is 26.7 Å². The molecule has 0 aliphatic rings. The van der Waals surface area contributed by atoms with E-state index in [1.165, 1.54) is 0 Å². The summed E-state index contributed by atoms with van der Waals surface area (Å²) in [6.07, 6.45) is 9.51. The van der Waals surface area contributed by atoms with E-state index in [4.69, 9.17) is 0 Å². The summed E-state index contributed by atoms with van der Waals surface area (Å²) in [5.41, 5.74) is 3.98. The van der Waals surface area contributed by atoms with Crippen LogP contribution in [0.15, 0.2) is 29.6 Å². The monoisotopic (exact) mass is 228 g/mol. The zero-order valence-corrected chi connectivity index (χ0v) is 10.1. The van der Waals surface area contributed by atoms with E-state index in [1.807, 2.05) is 25.4 Å². The zero-order valence-electron chi connectivity index (χ0n) is 10.1. The number of aromatic nitrogens is 3. The lowest BCUT2D eigenvalue weighted by Crippen LogP contribution is -1.86. The Morgan fingerprint density at radius 3 is 3.06 bits per heavy atom. The molecule has 0 saturated carbocycles. The minimum atomic E-state index is 0.933. The first-order valence-corrected chi connectivity index (χ1v) is 5.80. The van der Waals surface area contributed by atoms with E-state index in [2.05, 4.69) is 27.1 Å². The summed E-state index contributed by atoms with van der Waals surface area (Å²) in [7, 11) is 0. The Bertz CT molecular complexity index is 500. The quantitative estimate of drug-likeness (QED) is 0.816. The van der Waals surface area contributed by atoms with Gasteiger partial charge in [-0.05, 0) is 19.4 Å². The Morgan fingerprint density at radius 1 is 1.47 bits per heavy atom. The maximum Gasteiger partial charge on any atom is 0.0917 e. The number of aromatic amines is 1. The van der Waals surface area contributed by atoms with Gasteiger partial charge in [-0.1, -0.05) is 13.3 Å². The molecule has 2 aromatic heterocycles. The standard InChI is InChI=1S/C13H16N4/c1-3-4-6-15-13-10(2)14-7-5-12(13)11-8-16-17-9-11/h5-9H,3-4H2,1-2H3,(H,16,17). The molecular formula is C13H16N4. The number of nitrogens with one attached hydrogen (secondary N) is 1. The normalized spacial score (nSPS) is 11.2. The van der Waals surface area contributed by atoms with Gasteiger partial charge in [-0.2, -0.15) is 5.10 Å². The van der Waals surface area contributed by atoms with Crippen LogP contribution in [0.1, 0.15) is 25.5 Å². The minimum absolute atomic E-state index is 0.933. The van der Waals surface area contributed by atoms with Crippen LogP contribution in [0.4, 0.5) is 5.69 Å². The lowest BCUT2D eigenvalue weighted by atomic mass is 10.1. The summed E-state index contributed by atoms with van der Waals surface area (Å²) in [5, 5.41) is 6.79. The van der Waals surface area contributed by atoms with Crippen molar-refractivity contribution in [1.82, 2.24) is 15.2 Å². The highest BCUT2D eigenvalue weighted by Gasteiger charge is 2.07. The number of rotatable bonds is 4. The third-order valence-electron chi connectivity index (χ3n) is 2.55. The SMILES string of the molecule is CCCC=Nc1c(-c2cn[nH]c2)ccnc1C. The van der Waals surface area contributed by atoms with Gasteiger partial charge in [0.15, 0.2) is 0 Å². The van der Waals surface area contributed by atoms with Crippen LogP contribution in [0.5, 0.6) is 0 Å². The highest BCUT2D eigenvalue weighted by Crippen LogP contribution is 2.31. The molecule has 0 unspecified atom stereocenters. The Labute approximate surface area is 101 Å². The third-order valence-corrected chi connectivity index (χ3v) is 2.55. The molecule has 0 aliphatic heterocycles. The van der Waals surface area contributed by atoms with Crippen LogP contribution in [0.2, 0.25) is 0 Å². The molecule has 0 amide bonds. The molecule has 0 aliphatic carbocycles. The molecular weight excluding hydrogens is 212 g/mol. The average Bonchev–Trinajstić information content (AvgIpc) is 2.85. The molecule has 0 radical (unpaired) electrons. The van der Waals surface area contributed by atoms with Crippen molar-refractivity contribution >= 4 is 11.9 Å². The molecule has 0 bridgehead atoms. The Balaban J connectivity index is 2.42. The molecule has 2 heterocycles. The highest BCUT2D eigenvalue weighted by atomic mass is 15.1. The number of H-pyrrole nitrogens is 1. The van der Waals surface area contributed by atoms with Gasteiger partial charge >= 0.3 is 0 Å². The maximum absolute atomic E-state index is 4.52. The first-order chi connectivity index (χ1) is 8.33. The minimum Gasteiger partial charge on any atom is -0.285 e. The largest absolute Gasteiger partial charge is 0.285 e. The molecule has 0 atom stereocenters. The summed E-state index contributed by atoms with van der Waals surface area (Å²) < 4.78 is 0. The molecule has 4 heteroatoms. The van der Waals surface area contributed by atoms with Crippen molar-refractivity contribution in [3.05, 3.63) is 30.4 Å². The number of hydrogen-bond acceptors (Lipinski definition) is 3. The predicted octanol–water partition coefficient (Wildman–Crippen LogP) is 3.28. The van der Waals surface area contributed by atoms with Gasteiger partial charge in [0.25, 0.3) is 0 Å². The lowest BCUT2D eigenvalue weighted by Gasteiger charge is -2.05. The molecule has 1 N–H and O–H groups in total. The molecule has 2 rings (SSSR count). The number of pyridine rings is 1. The van der Waals surface area contributed by atoms with Gasteiger partial charge in [-0.25, -0.2) is 0 Å². The van der Waals surface area contributed by atoms with Crippen LogP contribution in [-0.2, 0) is 0 Å². The van der Waals surface area contributed by atoms with E-state index >= 15 is 0 Å². The van der Waals surface area contributed by atoms with Crippen LogP contribution in [0.25, 0.3) is 11.1 Å². The Morgan fingerprint density at radius 2 is 2.35 bits per heavy atom. The number of aryl methyl sites for hydroxylation is 1. The van der Waals surface area contributed by atoms with Crippen LogP contribution in [-0.4, -0.2) is 21.4 Å². The Kier molecular flexibility index (Phi) is 3.65. The van der Waals surface area contributed by atoms with Crippen molar-refractivity contribution in [2.24, 2.45) is 4.99 Å². The first-order valence-electron chi connectivity index (χ1n) is 5.80. The van der Waals surface area contributed by atoms with Crippen molar-refractivity contribution in [2.75, 3.05) is 0 Å². The van der Waals surface area contributed by atoms with Crippen molar-refractivity contribution in [3.63, 3.8) is 0 Å². The summed E-state index contributed by atoms with van der Waals surface area (Å²) in [5.74, 6) is 0. The van der Waals surface area contributed by atoms with Crippen molar-refractivity contribution < 1.29 is 0 Å². The summed E-state index contributed by atoms with van der Waals surface area (Å²) >= 11 is 0. The van der Waals surface area contributed by atoms with E-state index < -0.39 is 0 Å². The van der Waals surface area contributed by atoms with Gasteiger partial charge in [-0.15, -0.1) is 0 Å². The second kappa shape index (κ2) is 5.39. The van der Waals surface area contributed by atoms with Gasteiger partial charge in [0.05, 0.1) is 17.6 Å². The van der Waals surface area contributed by atoms with E-state index in [0.717, 1.165) is 35.3 Å². The van der Waals surface area contributed by atoms with Crippen molar-refractivity contribution in [3.8, 4) is 11.1 Å². The molecule has 0 saturated heterocycles. The molecule has 88 valence electrons. The van der Waals surface area contributed by atoms with Gasteiger partial charge < -0.3 is 0 Å². The fourth-order valence-corrected chi connectivity index (χ4v) is 1.64. The van der Waals surface area contributed by atoms with Gasteiger partial charge in [0, 0.05) is 29.7 Å². The van der Waals surface area contributed by atoms with Crippen LogP contribution in [0.3, 0.4) is 0 Å². The number of aliphatic imine (C=N–C) groups is 1. The van der Waals surface area contributed by atoms with Gasteiger partial charge in [0.2, 0.25) is 0 Å². The average molecular weight is 228 g/mol. The second-order valence-corrected chi connectivity index (χ2v) is 3.88. The van der Waals surface area contributed by atoms with Crippen LogP contribution < -0.4 is 0 Å². The number of unbranched alkanes of at least 4 members (excludes halogenated alkanes) is 1. The molecule has 17 heavy (non-hydrogen) atoms. The van der Waals surface area contributed by atoms with E-state index in [-0.39, 0.29) is 0 Å². The lowest BCUT2D eigenvalue weighted by molar-refractivity contribution is 1.01. The molecule has 4 nitrogen and oxygen atoms in total. The summed E-state index contributed by atoms with van der Waals surface area (Å²) in [4.78, 5) is 8.81. The maximum atomic E-state index is 4.52. The fourth-order valence-electron chi connectivity index (χ4n) is 1.64. The van der Waals surface area contributed by atoms with Crippen LogP contribution in [0, 0.1) is 6.92 Å². The zero-order chi connectivity index (χ0) is 12.1. The molecule has 0 aromatic carbocycles. The van der Waals surface area contributed by atoms with Crippen LogP contribution >= 0.6 is 0 Å². The number of hydrogen-bond donors (Lipinski definition) is 1. The highest BCUT2D eigenvalue weighted by molar-refractivity contribution is 5.79. The topological polar surface area (TPSA) is 53.9 Å². The Hall–Kier alpha value is -1.97. The smallest absolute Gasteiger partial charge is 0.0917 e. The van der Waals surface area contributed by atoms with Gasteiger partial charge in [-0.3, -0.25) is 15.1 Å². The fraction of sp³-hybridized carbons (Fsp3) is 0.308. The van der Waals surface area contributed by atoms with E-state index in [1.54, 1.807) is 12.4 Å². The van der Waals surface area contributed by atoms with Crippen molar-refractivity contribution in [1.29, 1.82) is 0 Å². The number of nitrogens with zero attached hydrogens (tertiary/aromatic N) is 3. The second-order valence-electron chi connectivity index (χ2n) is 3.88.